The molecule has 0 spiro atoms. The summed E-state index contributed by atoms with van der Waals surface area (Å²) in [6, 6.07) is 15.2. The number of anilines is 1. The number of hydrogen-bond donors (Lipinski definition) is 2. The first-order valence-corrected chi connectivity index (χ1v) is 10.7. The third kappa shape index (κ3) is 4.70. The van der Waals surface area contributed by atoms with Crippen LogP contribution in [0.5, 0.6) is 0 Å². The third-order valence-corrected chi connectivity index (χ3v) is 6.11. The van der Waals surface area contributed by atoms with Crippen LogP contribution in [0, 0.1) is 0 Å². The Morgan fingerprint density at radius 1 is 1.18 bits per heavy atom. The van der Waals surface area contributed by atoms with Crippen LogP contribution in [0.1, 0.15) is 11.1 Å². The van der Waals surface area contributed by atoms with Crippen LogP contribution in [-0.2, 0) is 27.7 Å². The lowest BCUT2D eigenvalue weighted by atomic mass is 10.2. The smallest absolute Gasteiger partial charge is 0.240 e. The maximum absolute atomic E-state index is 12.2. The average Bonchev–Trinajstić information content (AvgIpc) is 3.13. The Labute approximate surface area is 166 Å². The van der Waals surface area contributed by atoms with Crippen LogP contribution >= 0.6 is 0 Å². The summed E-state index contributed by atoms with van der Waals surface area (Å²) >= 11 is 0. The molecule has 0 saturated heterocycles. The molecular weight excluding hydrogens is 376 g/mol. The van der Waals surface area contributed by atoms with Crippen LogP contribution < -0.4 is 14.9 Å². The minimum atomic E-state index is -3.51. The highest BCUT2D eigenvalue weighted by Crippen LogP contribution is 2.27. The Bertz CT molecular complexity index is 927. The van der Waals surface area contributed by atoms with E-state index in [2.05, 4.69) is 38.1 Å². The summed E-state index contributed by atoms with van der Waals surface area (Å²) in [6.45, 7) is 2.03. The van der Waals surface area contributed by atoms with Gasteiger partial charge in [0, 0.05) is 39.5 Å². The molecule has 3 rings (SSSR count). The van der Waals surface area contributed by atoms with Gasteiger partial charge < -0.3 is 15.0 Å². The van der Waals surface area contributed by atoms with E-state index in [-0.39, 0.29) is 11.4 Å². The fourth-order valence-electron chi connectivity index (χ4n) is 3.18. The lowest BCUT2D eigenvalue weighted by Crippen LogP contribution is -2.40. The summed E-state index contributed by atoms with van der Waals surface area (Å²) in [7, 11) is -0.213. The number of para-hydroxylation sites is 1. The van der Waals surface area contributed by atoms with E-state index in [1.54, 1.807) is 19.2 Å². The number of sulfonamides is 1. The van der Waals surface area contributed by atoms with Crippen molar-refractivity contribution in [1.29, 1.82) is 0 Å². The van der Waals surface area contributed by atoms with Gasteiger partial charge in [-0.25, -0.2) is 13.1 Å². The maximum atomic E-state index is 12.2. The predicted octanol–water partition coefficient (Wildman–Crippen LogP) is 1.75. The van der Waals surface area contributed by atoms with Crippen LogP contribution in [0.15, 0.2) is 58.4 Å². The molecule has 2 aromatic carbocycles. The molecule has 0 bridgehead atoms. The first kappa shape index (κ1) is 20.3. The quantitative estimate of drug-likeness (QED) is 0.419. The lowest BCUT2D eigenvalue weighted by Gasteiger charge is -2.22. The molecule has 8 heteroatoms. The lowest BCUT2D eigenvalue weighted by molar-refractivity contribution is 0.204. The Kier molecular flexibility index (Phi) is 6.66. The van der Waals surface area contributed by atoms with E-state index in [0.717, 1.165) is 24.5 Å². The Hall–Kier alpha value is -2.42. The van der Waals surface area contributed by atoms with Gasteiger partial charge in [0.2, 0.25) is 10.0 Å². The third-order valence-electron chi connectivity index (χ3n) is 4.64. The van der Waals surface area contributed by atoms with Gasteiger partial charge in [-0.1, -0.05) is 30.3 Å². The number of benzene rings is 2. The monoisotopic (exact) mass is 402 g/mol. The predicted molar refractivity (Wildman–Crippen MR) is 111 cm³/mol. The van der Waals surface area contributed by atoms with E-state index >= 15 is 0 Å². The number of rotatable bonds is 7. The molecule has 0 unspecified atom stereocenters. The van der Waals surface area contributed by atoms with Gasteiger partial charge in [-0.15, -0.1) is 0 Å². The van der Waals surface area contributed by atoms with E-state index in [9.17, 15) is 8.42 Å². The van der Waals surface area contributed by atoms with Gasteiger partial charge >= 0.3 is 0 Å². The van der Waals surface area contributed by atoms with Gasteiger partial charge in [-0.05, 0) is 35.7 Å². The molecule has 0 fully saturated rings. The second-order valence-electron chi connectivity index (χ2n) is 6.47. The fourth-order valence-corrected chi connectivity index (χ4v) is 4.20. The molecule has 1 heterocycles. The molecule has 1 aliphatic rings. The zero-order chi connectivity index (χ0) is 20.0. The van der Waals surface area contributed by atoms with Crippen LogP contribution in [0.2, 0.25) is 0 Å². The fraction of sp³-hybridized carbons (Fsp3) is 0.350. The van der Waals surface area contributed by atoms with Crippen LogP contribution in [0.25, 0.3) is 0 Å². The molecule has 0 atom stereocenters. The van der Waals surface area contributed by atoms with E-state index in [1.807, 2.05) is 18.2 Å². The molecular formula is C20H26N4O3S. The minimum absolute atomic E-state index is 0.241. The van der Waals surface area contributed by atoms with Gasteiger partial charge in [0.25, 0.3) is 0 Å². The summed E-state index contributed by atoms with van der Waals surface area (Å²) in [5, 5.41) is 3.36. The molecule has 0 amide bonds. The van der Waals surface area contributed by atoms with Crippen LogP contribution in [0.3, 0.4) is 0 Å². The van der Waals surface area contributed by atoms with Crippen molar-refractivity contribution in [2.45, 2.75) is 17.9 Å². The number of hydrogen-bond acceptors (Lipinski definition) is 4. The molecule has 0 aromatic heterocycles. The van der Waals surface area contributed by atoms with Gasteiger partial charge in [0.15, 0.2) is 5.96 Å². The average molecular weight is 403 g/mol. The molecule has 0 saturated carbocycles. The summed E-state index contributed by atoms with van der Waals surface area (Å²) in [6.07, 6.45) is 1.000. The highest BCUT2D eigenvalue weighted by atomic mass is 32.2. The highest BCUT2D eigenvalue weighted by Gasteiger charge is 2.22. The summed E-state index contributed by atoms with van der Waals surface area (Å²) < 4.78 is 31.8. The topological polar surface area (TPSA) is 83.0 Å². The van der Waals surface area contributed by atoms with Crippen molar-refractivity contribution in [3.8, 4) is 0 Å². The molecule has 0 aliphatic carbocycles. The molecule has 2 N–H and O–H groups in total. The van der Waals surface area contributed by atoms with E-state index < -0.39 is 10.0 Å². The van der Waals surface area contributed by atoms with Crippen molar-refractivity contribution in [3.63, 3.8) is 0 Å². The molecule has 150 valence electrons. The van der Waals surface area contributed by atoms with Crippen LogP contribution in [-0.4, -0.2) is 48.2 Å². The van der Waals surface area contributed by atoms with Gasteiger partial charge in [-0.3, -0.25) is 4.99 Å². The van der Waals surface area contributed by atoms with Crippen molar-refractivity contribution in [2.75, 3.05) is 38.8 Å². The number of nitrogens with zero attached hydrogens (tertiary/aromatic N) is 2. The minimum Gasteiger partial charge on any atom is -0.383 e. The summed E-state index contributed by atoms with van der Waals surface area (Å²) in [5.41, 5.74) is 3.48. The molecule has 0 radical (unpaired) electrons. The number of fused-ring (bicyclic) bond motifs is 1. The Morgan fingerprint density at radius 3 is 2.64 bits per heavy atom. The summed E-state index contributed by atoms with van der Waals surface area (Å²) in [5.74, 6) is 0.808. The van der Waals surface area contributed by atoms with Crippen molar-refractivity contribution in [3.05, 3.63) is 59.7 Å². The number of guanidine groups is 1. The van der Waals surface area contributed by atoms with E-state index in [1.165, 1.54) is 18.4 Å². The SMILES string of the molecule is CN=C(NCc1ccc(S(=O)(=O)NCCOC)cc1)N1CCc2ccccc21. The molecule has 1 aliphatic heterocycles. The zero-order valence-corrected chi connectivity index (χ0v) is 17.0. The van der Waals surface area contributed by atoms with Crippen molar-refractivity contribution in [2.24, 2.45) is 4.99 Å². The van der Waals surface area contributed by atoms with Crippen molar-refractivity contribution in [1.82, 2.24) is 10.0 Å². The first-order valence-electron chi connectivity index (χ1n) is 9.19. The largest absolute Gasteiger partial charge is 0.383 e. The van der Waals surface area contributed by atoms with Gasteiger partial charge in [0.05, 0.1) is 11.5 Å². The molecule has 2 aromatic rings. The maximum Gasteiger partial charge on any atom is 0.240 e. The van der Waals surface area contributed by atoms with E-state index in [0.29, 0.717) is 13.2 Å². The van der Waals surface area contributed by atoms with Crippen LogP contribution in [0.4, 0.5) is 5.69 Å². The normalized spacial score (nSPS) is 14.2. The Balaban J connectivity index is 1.62. The molecule has 28 heavy (non-hydrogen) atoms. The second-order valence-corrected chi connectivity index (χ2v) is 8.23. The highest BCUT2D eigenvalue weighted by molar-refractivity contribution is 7.89. The number of aliphatic imine (C=N–C) groups is 1. The van der Waals surface area contributed by atoms with Crippen molar-refractivity contribution >= 4 is 21.7 Å². The molecule has 7 nitrogen and oxygen atoms in total. The number of ether oxygens (including phenoxy) is 1. The summed E-state index contributed by atoms with van der Waals surface area (Å²) in [4.78, 5) is 6.81. The van der Waals surface area contributed by atoms with Gasteiger partial charge in [-0.2, -0.15) is 0 Å². The Morgan fingerprint density at radius 2 is 1.93 bits per heavy atom. The first-order chi connectivity index (χ1) is 13.5. The second kappa shape index (κ2) is 9.18. The van der Waals surface area contributed by atoms with Crippen molar-refractivity contribution < 1.29 is 13.2 Å². The number of nitrogens with one attached hydrogen (secondary N) is 2. The number of methoxy groups -OCH3 is 1. The zero-order valence-electron chi connectivity index (χ0n) is 16.2. The standard InChI is InChI=1S/C20H26N4O3S/c1-21-20(24-13-11-17-5-3-4-6-19(17)24)22-15-16-7-9-18(10-8-16)28(25,26)23-12-14-27-2/h3-10,23H,11-15H2,1-2H3,(H,21,22). The van der Waals surface area contributed by atoms with E-state index in [4.69, 9.17) is 4.74 Å². The van der Waals surface area contributed by atoms with Gasteiger partial charge in [0.1, 0.15) is 0 Å².